The van der Waals surface area contributed by atoms with E-state index in [4.69, 9.17) is 11.6 Å². The maximum absolute atomic E-state index is 6.08. The highest BCUT2D eigenvalue weighted by atomic mass is 79.9. The van der Waals surface area contributed by atoms with Crippen molar-refractivity contribution in [3.8, 4) is 0 Å². The first-order chi connectivity index (χ1) is 9.25. The first kappa shape index (κ1) is 12.6. The third-order valence-electron chi connectivity index (χ3n) is 3.10. The number of anilines is 1. The molecule has 1 heterocycles. The van der Waals surface area contributed by atoms with Crippen LogP contribution in [0.5, 0.6) is 0 Å². The van der Waals surface area contributed by atoms with E-state index >= 15 is 0 Å². The van der Waals surface area contributed by atoms with Gasteiger partial charge in [0.25, 0.3) is 0 Å². The Labute approximate surface area is 124 Å². The van der Waals surface area contributed by atoms with Crippen molar-refractivity contribution in [1.82, 2.24) is 4.98 Å². The highest BCUT2D eigenvalue weighted by Gasteiger charge is 2.05. The van der Waals surface area contributed by atoms with Gasteiger partial charge in [0.1, 0.15) is 0 Å². The van der Waals surface area contributed by atoms with Crippen molar-refractivity contribution in [2.24, 2.45) is 0 Å². The lowest BCUT2D eigenvalue weighted by Crippen LogP contribution is -1.99. The quantitative estimate of drug-likeness (QED) is 0.677. The third kappa shape index (κ3) is 2.48. The minimum Gasteiger partial charge on any atom is -0.380 e. The first-order valence-electron chi connectivity index (χ1n) is 5.98. The highest BCUT2D eigenvalue weighted by molar-refractivity contribution is 9.10. The van der Waals surface area contributed by atoms with E-state index in [9.17, 15) is 0 Å². The number of aromatic amines is 1. The molecule has 0 atom stereocenters. The monoisotopic (exact) mass is 334 g/mol. The molecule has 1 aromatic heterocycles. The molecular weight excluding hydrogens is 324 g/mol. The summed E-state index contributed by atoms with van der Waals surface area (Å²) in [6.45, 7) is 0.753. The summed E-state index contributed by atoms with van der Waals surface area (Å²) in [5, 5.41) is 5.35. The summed E-state index contributed by atoms with van der Waals surface area (Å²) in [7, 11) is 0. The zero-order valence-electron chi connectivity index (χ0n) is 10.1. The molecule has 0 radical (unpaired) electrons. The Bertz CT molecular complexity index is 721. The second kappa shape index (κ2) is 5.27. The molecule has 0 unspecified atom stereocenters. The predicted octanol–water partition coefficient (Wildman–Crippen LogP) is 5.20. The summed E-state index contributed by atoms with van der Waals surface area (Å²) in [5.74, 6) is 0. The Balaban J connectivity index is 1.84. The molecule has 0 aliphatic rings. The number of para-hydroxylation sites is 1. The normalized spacial score (nSPS) is 10.8. The number of H-pyrrole nitrogens is 1. The van der Waals surface area contributed by atoms with Crippen molar-refractivity contribution in [3.05, 3.63) is 63.7 Å². The SMILES string of the molecule is Clc1cccc(NCc2c[nH]c3ccccc23)c1Br. The molecule has 2 aromatic carbocycles. The lowest BCUT2D eigenvalue weighted by atomic mass is 10.2. The summed E-state index contributed by atoms with van der Waals surface area (Å²) in [5.41, 5.74) is 3.39. The molecule has 0 saturated carbocycles. The predicted molar refractivity (Wildman–Crippen MR) is 84.8 cm³/mol. The number of nitrogens with one attached hydrogen (secondary N) is 2. The Morgan fingerprint density at radius 2 is 1.95 bits per heavy atom. The molecule has 2 nitrogen and oxygen atoms in total. The molecule has 2 N–H and O–H groups in total. The van der Waals surface area contributed by atoms with Crippen LogP contribution in [0.3, 0.4) is 0 Å². The number of fused-ring (bicyclic) bond motifs is 1. The van der Waals surface area contributed by atoms with Gasteiger partial charge in [0.05, 0.1) is 15.2 Å². The zero-order chi connectivity index (χ0) is 13.2. The third-order valence-corrected chi connectivity index (χ3v) is 4.49. The van der Waals surface area contributed by atoms with Gasteiger partial charge in [-0.25, -0.2) is 0 Å². The van der Waals surface area contributed by atoms with Crippen LogP contribution in [0.2, 0.25) is 5.02 Å². The van der Waals surface area contributed by atoms with E-state index in [-0.39, 0.29) is 0 Å². The van der Waals surface area contributed by atoms with Gasteiger partial charge in [0.2, 0.25) is 0 Å². The van der Waals surface area contributed by atoms with Crippen LogP contribution < -0.4 is 5.32 Å². The zero-order valence-corrected chi connectivity index (χ0v) is 12.4. The van der Waals surface area contributed by atoms with Crippen LogP contribution in [-0.2, 0) is 6.54 Å². The smallest absolute Gasteiger partial charge is 0.0593 e. The number of hydrogen-bond donors (Lipinski definition) is 2. The molecule has 3 aromatic rings. The van der Waals surface area contributed by atoms with Gasteiger partial charge in [-0.15, -0.1) is 0 Å². The minimum absolute atomic E-state index is 0.712. The molecule has 19 heavy (non-hydrogen) atoms. The van der Waals surface area contributed by atoms with E-state index in [0.717, 1.165) is 22.2 Å². The summed E-state index contributed by atoms with van der Waals surface area (Å²) in [6, 6.07) is 14.1. The van der Waals surface area contributed by atoms with Gasteiger partial charge in [0, 0.05) is 23.6 Å². The number of aromatic nitrogens is 1. The van der Waals surface area contributed by atoms with Crippen molar-refractivity contribution in [3.63, 3.8) is 0 Å². The van der Waals surface area contributed by atoms with Gasteiger partial charge in [-0.05, 0) is 39.7 Å². The second-order valence-electron chi connectivity index (χ2n) is 4.31. The van der Waals surface area contributed by atoms with Gasteiger partial charge in [-0.1, -0.05) is 35.9 Å². The maximum Gasteiger partial charge on any atom is 0.0593 e. The van der Waals surface area contributed by atoms with E-state index in [0.29, 0.717) is 5.02 Å². The largest absolute Gasteiger partial charge is 0.380 e. The average molecular weight is 336 g/mol. The fraction of sp³-hybridized carbons (Fsp3) is 0.0667. The van der Waals surface area contributed by atoms with E-state index in [1.165, 1.54) is 10.9 Å². The fourth-order valence-electron chi connectivity index (χ4n) is 2.11. The Kier molecular flexibility index (Phi) is 3.49. The van der Waals surface area contributed by atoms with E-state index in [2.05, 4.69) is 44.4 Å². The van der Waals surface area contributed by atoms with Crippen molar-refractivity contribution < 1.29 is 0 Å². The van der Waals surface area contributed by atoms with Crippen LogP contribution in [0.1, 0.15) is 5.56 Å². The van der Waals surface area contributed by atoms with Gasteiger partial charge < -0.3 is 10.3 Å². The molecule has 0 amide bonds. The van der Waals surface area contributed by atoms with Crippen molar-refractivity contribution >= 4 is 44.1 Å². The molecule has 0 spiro atoms. The van der Waals surface area contributed by atoms with Gasteiger partial charge in [-0.3, -0.25) is 0 Å². The summed E-state index contributed by atoms with van der Waals surface area (Å²) < 4.78 is 0.900. The van der Waals surface area contributed by atoms with Crippen LogP contribution in [-0.4, -0.2) is 4.98 Å². The number of rotatable bonds is 3. The number of halogens is 2. The summed E-state index contributed by atoms with van der Waals surface area (Å²) >= 11 is 9.57. The molecule has 0 aliphatic carbocycles. The number of benzene rings is 2. The van der Waals surface area contributed by atoms with Crippen molar-refractivity contribution in [2.75, 3.05) is 5.32 Å². The van der Waals surface area contributed by atoms with E-state index < -0.39 is 0 Å². The van der Waals surface area contributed by atoms with Crippen molar-refractivity contribution in [2.45, 2.75) is 6.54 Å². The maximum atomic E-state index is 6.08. The molecule has 0 aliphatic heterocycles. The topological polar surface area (TPSA) is 27.8 Å². The van der Waals surface area contributed by atoms with Crippen LogP contribution in [0.4, 0.5) is 5.69 Å². The summed E-state index contributed by atoms with van der Waals surface area (Å²) in [4.78, 5) is 3.27. The van der Waals surface area contributed by atoms with Crippen molar-refractivity contribution in [1.29, 1.82) is 0 Å². The van der Waals surface area contributed by atoms with E-state index in [1.807, 2.05) is 30.5 Å². The molecule has 0 bridgehead atoms. The second-order valence-corrected chi connectivity index (χ2v) is 5.51. The van der Waals surface area contributed by atoms with Crippen LogP contribution in [0.15, 0.2) is 53.1 Å². The lowest BCUT2D eigenvalue weighted by Gasteiger charge is -2.09. The number of hydrogen-bond acceptors (Lipinski definition) is 1. The molecule has 3 rings (SSSR count). The van der Waals surface area contributed by atoms with E-state index in [1.54, 1.807) is 0 Å². The molecule has 4 heteroatoms. The van der Waals surface area contributed by atoms with Crippen LogP contribution >= 0.6 is 27.5 Å². The first-order valence-corrected chi connectivity index (χ1v) is 7.15. The summed E-state index contributed by atoms with van der Waals surface area (Å²) in [6.07, 6.45) is 2.04. The average Bonchev–Trinajstić information content (AvgIpc) is 2.84. The Hall–Kier alpha value is -1.45. The molecular formula is C15H12BrClN2. The lowest BCUT2D eigenvalue weighted by molar-refractivity contribution is 1.16. The molecule has 96 valence electrons. The Morgan fingerprint density at radius 3 is 2.84 bits per heavy atom. The Morgan fingerprint density at radius 1 is 1.11 bits per heavy atom. The standard InChI is InChI=1S/C15H12BrClN2/c16-15-12(17)5-3-7-14(15)19-9-10-8-18-13-6-2-1-4-11(10)13/h1-8,18-19H,9H2. The highest BCUT2D eigenvalue weighted by Crippen LogP contribution is 2.30. The molecule has 0 saturated heterocycles. The van der Waals surface area contributed by atoms with Gasteiger partial charge in [-0.2, -0.15) is 0 Å². The fourth-order valence-corrected chi connectivity index (χ4v) is 2.69. The van der Waals surface area contributed by atoms with Gasteiger partial charge in [0.15, 0.2) is 0 Å². The van der Waals surface area contributed by atoms with Gasteiger partial charge >= 0.3 is 0 Å². The molecule has 0 fully saturated rings. The minimum atomic E-state index is 0.712. The van der Waals surface area contributed by atoms with Crippen LogP contribution in [0, 0.1) is 0 Å². The van der Waals surface area contributed by atoms with Crippen LogP contribution in [0.25, 0.3) is 10.9 Å².